The largest absolute Gasteiger partial charge is 0.416 e. The molecule has 2 rings (SSSR count). The number of nitrogens with one attached hydrogen (secondary N) is 1. The van der Waals surface area contributed by atoms with E-state index in [2.05, 4.69) is 5.32 Å². The van der Waals surface area contributed by atoms with Crippen LogP contribution in [0, 0.1) is 0 Å². The fraction of sp³-hybridized carbons (Fsp3) is 0.417. The third-order valence-electron chi connectivity index (χ3n) is 5.44. The molecule has 2 aromatic carbocycles. The van der Waals surface area contributed by atoms with Crippen LogP contribution >= 0.6 is 0 Å². The lowest BCUT2D eigenvalue weighted by atomic mass is 10.1. The molecule has 192 valence electrons. The quantitative estimate of drug-likeness (QED) is 0.495. The molecule has 11 heteroatoms. The molecule has 0 aliphatic heterocycles. The van der Waals surface area contributed by atoms with Gasteiger partial charge in [-0.2, -0.15) is 13.2 Å². The summed E-state index contributed by atoms with van der Waals surface area (Å²) in [6.45, 7) is 1.78. The van der Waals surface area contributed by atoms with Gasteiger partial charge in [0.05, 0.1) is 17.5 Å². The van der Waals surface area contributed by atoms with Crippen LogP contribution in [0.25, 0.3) is 0 Å². The Hall–Kier alpha value is -3.08. The van der Waals surface area contributed by atoms with Crippen molar-refractivity contribution in [3.63, 3.8) is 0 Å². The highest BCUT2D eigenvalue weighted by molar-refractivity contribution is 7.92. The second-order valence-electron chi connectivity index (χ2n) is 8.03. The van der Waals surface area contributed by atoms with Crippen LogP contribution in [0.5, 0.6) is 0 Å². The highest BCUT2D eigenvalue weighted by atomic mass is 32.2. The molecule has 0 radical (unpaired) electrons. The lowest BCUT2D eigenvalue weighted by Gasteiger charge is -2.30. The number of carbonyl (C=O) groups is 2. The number of hydrogen-bond donors (Lipinski definition) is 1. The van der Waals surface area contributed by atoms with Crippen molar-refractivity contribution in [3.8, 4) is 0 Å². The minimum absolute atomic E-state index is 0.0532. The first kappa shape index (κ1) is 28.2. The Labute approximate surface area is 204 Å². The van der Waals surface area contributed by atoms with E-state index in [0.717, 1.165) is 34.3 Å². The van der Waals surface area contributed by atoms with Crippen molar-refractivity contribution in [2.24, 2.45) is 0 Å². The summed E-state index contributed by atoms with van der Waals surface area (Å²) in [6.07, 6.45) is -3.39. The average molecular weight is 514 g/mol. The molecule has 2 amide bonds. The van der Waals surface area contributed by atoms with E-state index in [-0.39, 0.29) is 43.4 Å². The van der Waals surface area contributed by atoms with Crippen molar-refractivity contribution < 1.29 is 31.2 Å². The second-order valence-corrected chi connectivity index (χ2v) is 9.94. The number of anilines is 1. The number of amides is 2. The minimum Gasteiger partial charge on any atom is -0.357 e. The van der Waals surface area contributed by atoms with Gasteiger partial charge in [0.1, 0.15) is 6.04 Å². The Morgan fingerprint density at radius 3 is 2.26 bits per heavy atom. The third kappa shape index (κ3) is 7.98. The number of nitrogens with zero attached hydrogens (tertiary/aromatic N) is 2. The molecule has 7 nitrogen and oxygen atoms in total. The molecule has 0 aromatic heterocycles. The number of sulfonamides is 1. The first-order valence-electron chi connectivity index (χ1n) is 11.1. The van der Waals surface area contributed by atoms with Crippen LogP contribution < -0.4 is 9.62 Å². The number of likely N-dealkylation sites (N-methyl/N-ethyl adjacent to an activating group) is 1. The van der Waals surface area contributed by atoms with Gasteiger partial charge in [-0.05, 0) is 36.6 Å². The lowest BCUT2D eigenvalue weighted by Crippen LogP contribution is -2.48. The van der Waals surface area contributed by atoms with Crippen molar-refractivity contribution in [1.82, 2.24) is 10.2 Å². The molecular weight excluding hydrogens is 483 g/mol. The summed E-state index contributed by atoms with van der Waals surface area (Å²) >= 11 is 0. The number of benzene rings is 2. The second kappa shape index (κ2) is 12.1. The molecule has 1 atom stereocenters. The molecule has 1 N–H and O–H groups in total. The van der Waals surface area contributed by atoms with Gasteiger partial charge in [0.25, 0.3) is 0 Å². The predicted octanol–water partition coefficient (Wildman–Crippen LogP) is 3.81. The third-order valence-corrected chi connectivity index (χ3v) is 6.64. The van der Waals surface area contributed by atoms with Crippen LogP contribution in [0.2, 0.25) is 0 Å². The Kier molecular flexibility index (Phi) is 9.70. The van der Waals surface area contributed by atoms with Gasteiger partial charge in [-0.1, -0.05) is 43.3 Å². The van der Waals surface area contributed by atoms with E-state index in [0.29, 0.717) is 6.42 Å². The van der Waals surface area contributed by atoms with Crippen LogP contribution in [0.1, 0.15) is 37.3 Å². The van der Waals surface area contributed by atoms with Crippen molar-refractivity contribution in [2.75, 3.05) is 24.2 Å². The number of alkyl halides is 3. The van der Waals surface area contributed by atoms with E-state index in [4.69, 9.17) is 0 Å². The SMILES string of the molecule is CC[C@H](C(=O)NC)N(Cc1ccccc1)C(=O)CCCN(c1cccc(C(F)(F)F)c1)S(C)(=O)=O. The van der Waals surface area contributed by atoms with Gasteiger partial charge < -0.3 is 10.2 Å². The Bertz CT molecular complexity index is 1110. The summed E-state index contributed by atoms with van der Waals surface area (Å²) in [6, 6.07) is 12.4. The number of hydrogen-bond acceptors (Lipinski definition) is 4. The Balaban J connectivity index is 2.21. The normalized spacial score (nSPS) is 12.6. The fourth-order valence-corrected chi connectivity index (χ4v) is 4.66. The molecule has 0 fully saturated rings. The van der Waals surface area contributed by atoms with Crippen LogP contribution in [-0.4, -0.2) is 51.0 Å². The van der Waals surface area contributed by atoms with Crippen molar-refractivity contribution >= 4 is 27.5 Å². The Morgan fingerprint density at radius 2 is 1.71 bits per heavy atom. The highest BCUT2D eigenvalue weighted by Crippen LogP contribution is 2.32. The zero-order chi connectivity index (χ0) is 26.2. The van der Waals surface area contributed by atoms with Gasteiger partial charge in [-0.15, -0.1) is 0 Å². The maximum Gasteiger partial charge on any atom is 0.416 e. The van der Waals surface area contributed by atoms with Crippen LogP contribution in [0.4, 0.5) is 18.9 Å². The van der Waals surface area contributed by atoms with Crippen molar-refractivity contribution in [1.29, 1.82) is 0 Å². The van der Waals surface area contributed by atoms with E-state index in [1.54, 1.807) is 6.92 Å². The first-order chi connectivity index (χ1) is 16.4. The average Bonchev–Trinajstić information content (AvgIpc) is 2.80. The van der Waals surface area contributed by atoms with E-state index in [1.807, 2.05) is 30.3 Å². The summed E-state index contributed by atoms with van der Waals surface area (Å²) in [4.78, 5) is 27.0. The lowest BCUT2D eigenvalue weighted by molar-refractivity contribution is -0.141. The van der Waals surface area contributed by atoms with E-state index in [1.165, 1.54) is 18.0 Å². The highest BCUT2D eigenvalue weighted by Gasteiger charge is 2.32. The summed E-state index contributed by atoms with van der Waals surface area (Å²) in [7, 11) is -2.43. The molecule has 0 spiro atoms. The molecule has 35 heavy (non-hydrogen) atoms. The number of halogens is 3. The van der Waals surface area contributed by atoms with Crippen LogP contribution in [-0.2, 0) is 32.3 Å². The van der Waals surface area contributed by atoms with Gasteiger partial charge >= 0.3 is 6.18 Å². The fourth-order valence-electron chi connectivity index (χ4n) is 3.71. The molecule has 0 aliphatic rings. The molecule has 2 aromatic rings. The van der Waals surface area contributed by atoms with E-state index >= 15 is 0 Å². The Morgan fingerprint density at radius 1 is 1.06 bits per heavy atom. The van der Waals surface area contributed by atoms with Gasteiger partial charge in [-0.25, -0.2) is 8.42 Å². The van der Waals surface area contributed by atoms with Gasteiger partial charge in [0.15, 0.2) is 0 Å². The van der Waals surface area contributed by atoms with Crippen molar-refractivity contribution in [3.05, 3.63) is 65.7 Å². The molecule has 0 bridgehead atoms. The molecule has 0 unspecified atom stereocenters. The van der Waals surface area contributed by atoms with Gasteiger partial charge in [0, 0.05) is 26.6 Å². The minimum atomic E-state index is -4.62. The summed E-state index contributed by atoms with van der Waals surface area (Å²) in [5, 5.41) is 2.56. The standard InChI is InChI=1S/C24H30F3N3O4S/c1-4-21(23(32)28-2)29(17-18-10-6-5-7-11-18)22(31)14-9-15-30(35(3,33)34)20-13-8-12-19(16-20)24(25,26)27/h5-8,10-13,16,21H,4,9,14-15,17H2,1-3H3,(H,28,32)/t21-/m1/s1. The molecule has 0 aliphatic carbocycles. The maximum atomic E-state index is 13.2. The summed E-state index contributed by atoms with van der Waals surface area (Å²) in [5.41, 5.74) is -0.275. The maximum absolute atomic E-state index is 13.2. The zero-order valence-corrected chi connectivity index (χ0v) is 20.7. The smallest absolute Gasteiger partial charge is 0.357 e. The summed E-state index contributed by atoms with van der Waals surface area (Å²) in [5.74, 6) is -0.680. The van der Waals surface area contributed by atoms with Gasteiger partial charge in [-0.3, -0.25) is 13.9 Å². The molecule has 0 heterocycles. The molecule has 0 saturated carbocycles. The number of rotatable bonds is 11. The van der Waals surface area contributed by atoms with E-state index < -0.39 is 27.8 Å². The first-order valence-corrected chi connectivity index (χ1v) is 12.9. The molecule has 0 saturated heterocycles. The van der Waals surface area contributed by atoms with Crippen LogP contribution in [0.3, 0.4) is 0 Å². The van der Waals surface area contributed by atoms with Crippen molar-refractivity contribution in [2.45, 2.75) is 44.9 Å². The molecular formula is C24H30F3N3O4S. The van der Waals surface area contributed by atoms with Crippen LogP contribution in [0.15, 0.2) is 54.6 Å². The summed E-state index contributed by atoms with van der Waals surface area (Å²) < 4.78 is 64.8. The van der Waals surface area contributed by atoms with E-state index in [9.17, 15) is 31.2 Å². The topological polar surface area (TPSA) is 86.8 Å². The van der Waals surface area contributed by atoms with Gasteiger partial charge in [0.2, 0.25) is 21.8 Å². The number of carbonyl (C=O) groups excluding carboxylic acids is 2. The zero-order valence-electron chi connectivity index (χ0n) is 19.9. The predicted molar refractivity (Wildman–Crippen MR) is 128 cm³/mol. The monoisotopic (exact) mass is 513 g/mol.